The van der Waals surface area contributed by atoms with E-state index in [2.05, 4.69) is 5.32 Å². The van der Waals surface area contributed by atoms with E-state index in [0.29, 0.717) is 19.3 Å². The molecule has 1 amide bonds. The SMILES string of the molecule is Cc1cccc(CC(CNC(=O)CCC2CCC(C)O2)C(=O)O)c1. The standard InChI is InChI=1S/C19H27NO4/c1-13-4-3-5-15(10-13)11-16(19(22)23)12-20-18(21)9-8-17-7-6-14(2)24-17/h3-5,10,14,16-17H,6-9,11-12H2,1-2H3,(H,20,21)(H,22,23). The average molecular weight is 333 g/mol. The maximum atomic E-state index is 12.0. The summed E-state index contributed by atoms with van der Waals surface area (Å²) in [7, 11) is 0. The van der Waals surface area contributed by atoms with Crippen molar-refractivity contribution in [3.8, 4) is 0 Å². The Labute approximate surface area is 143 Å². The number of nitrogens with one attached hydrogen (secondary N) is 1. The lowest BCUT2D eigenvalue weighted by atomic mass is 9.98. The van der Waals surface area contributed by atoms with Gasteiger partial charge in [0.05, 0.1) is 18.1 Å². The molecule has 1 aromatic rings. The van der Waals surface area contributed by atoms with Gasteiger partial charge in [-0.15, -0.1) is 0 Å². The Hall–Kier alpha value is -1.88. The molecular formula is C19H27NO4. The second-order valence-electron chi connectivity index (χ2n) is 6.72. The number of rotatable bonds is 8. The van der Waals surface area contributed by atoms with Gasteiger partial charge in [-0.2, -0.15) is 0 Å². The third-order valence-corrected chi connectivity index (χ3v) is 4.47. The monoisotopic (exact) mass is 333 g/mol. The van der Waals surface area contributed by atoms with Crippen molar-refractivity contribution in [2.45, 2.75) is 58.2 Å². The average Bonchev–Trinajstić information content (AvgIpc) is 2.94. The Morgan fingerprint density at radius 1 is 1.38 bits per heavy atom. The van der Waals surface area contributed by atoms with Crippen LogP contribution in [0.2, 0.25) is 0 Å². The lowest BCUT2D eigenvalue weighted by molar-refractivity contribution is -0.141. The smallest absolute Gasteiger partial charge is 0.308 e. The summed E-state index contributed by atoms with van der Waals surface area (Å²) >= 11 is 0. The van der Waals surface area contributed by atoms with Gasteiger partial charge in [0.15, 0.2) is 0 Å². The van der Waals surface area contributed by atoms with Crippen molar-refractivity contribution in [1.82, 2.24) is 5.32 Å². The number of aryl methyl sites for hydroxylation is 1. The second-order valence-corrected chi connectivity index (χ2v) is 6.72. The number of carbonyl (C=O) groups is 2. The number of aliphatic carboxylic acids is 1. The van der Waals surface area contributed by atoms with E-state index in [9.17, 15) is 14.7 Å². The van der Waals surface area contributed by atoms with Gasteiger partial charge in [0.1, 0.15) is 0 Å². The highest BCUT2D eigenvalue weighted by Gasteiger charge is 2.23. The highest BCUT2D eigenvalue weighted by molar-refractivity contribution is 5.77. The zero-order chi connectivity index (χ0) is 17.5. The molecule has 0 radical (unpaired) electrons. The van der Waals surface area contributed by atoms with Crippen LogP contribution in [0.3, 0.4) is 0 Å². The predicted octanol–water partition coefficient (Wildman–Crippen LogP) is 2.70. The highest BCUT2D eigenvalue weighted by Crippen LogP contribution is 2.22. The molecule has 1 heterocycles. The third kappa shape index (κ3) is 5.96. The van der Waals surface area contributed by atoms with E-state index >= 15 is 0 Å². The van der Waals surface area contributed by atoms with Gasteiger partial charge in [0, 0.05) is 13.0 Å². The van der Waals surface area contributed by atoms with Crippen LogP contribution in [0, 0.1) is 12.8 Å². The molecule has 1 fully saturated rings. The first-order valence-corrected chi connectivity index (χ1v) is 8.64. The Morgan fingerprint density at radius 2 is 2.17 bits per heavy atom. The molecule has 2 N–H and O–H groups in total. The quantitative estimate of drug-likeness (QED) is 0.767. The Bertz CT molecular complexity index is 572. The van der Waals surface area contributed by atoms with E-state index in [1.54, 1.807) is 0 Å². The summed E-state index contributed by atoms with van der Waals surface area (Å²) in [6, 6.07) is 7.80. The fourth-order valence-corrected chi connectivity index (χ4v) is 3.09. The Balaban J connectivity index is 1.76. The van der Waals surface area contributed by atoms with E-state index in [-0.39, 0.29) is 24.7 Å². The van der Waals surface area contributed by atoms with Crippen LogP contribution in [-0.2, 0) is 20.7 Å². The fourth-order valence-electron chi connectivity index (χ4n) is 3.09. The minimum absolute atomic E-state index is 0.103. The summed E-state index contributed by atoms with van der Waals surface area (Å²) in [5.41, 5.74) is 2.08. The van der Waals surface area contributed by atoms with Gasteiger partial charge in [-0.25, -0.2) is 0 Å². The maximum Gasteiger partial charge on any atom is 0.308 e. The summed E-state index contributed by atoms with van der Waals surface area (Å²) in [5, 5.41) is 12.1. The summed E-state index contributed by atoms with van der Waals surface area (Å²) in [5.74, 6) is -1.60. The van der Waals surface area contributed by atoms with E-state index in [0.717, 1.165) is 24.0 Å². The van der Waals surface area contributed by atoms with E-state index < -0.39 is 11.9 Å². The Morgan fingerprint density at radius 3 is 2.79 bits per heavy atom. The molecule has 0 saturated carbocycles. The number of amides is 1. The predicted molar refractivity (Wildman–Crippen MR) is 91.8 cm³/mol. The van der Waals surface area contributed by atoms with Gasteiger partial charge < -0.3 is 15.2 Å². The van der Waals surface area contributed by atoms with Crippen molar-refractivity contribution in [1.29, 1.82) is 0 Å². The number of hydrogen-bond donors (Lipinski definition) is 2. The molecule has 1 aliphatic rings. The van der Waals surface area contributed by atoms with Crippen LogP contribution in [-0.4, -0.2) is 35.7 Å². The first kappa shape index (κ1) is 18.5. The van der Waals surface area contributed by atoms with Crippen LogP contribution in [0.1, 0.15) is 43.7 Å². The normalized spacial score (nSPS) is 21.4. The molecule has 0 spiro atoms. The minimum atomic E-state index is -0.884. The van der Waals surface area contributed by atoms with Gasteiger partial charge in [-0.05, 0) is 45.1 Å². The highest BCUT2D eigenvalue weighted by atomic mass is 16.5. The third-order valence-electron chi connectivity index (χ3n) is 4.47. The summed E-state index contributed by atoms with van der Waals surface area (Å²) in [4.78, 5) is 23.4. The van der Waals surface area contributed by atoms with Gasteiger partial charge in [-0.1, -0.05) is 29.8 Å². The zero-order valence-electron chi connectivity index (χ0n) is 14.5. The van der Waals surface area contributed by atoms with Gasteiger partial charge >= 0.3 is 5.97 Å². The molecule has 0 bridgehead atoms. The number of hydrogen-bond acceptors (Lipinski definition) is 3. The molecule has 0 aromatic heterocycles. The van der Waals surface area contributed by atoms with E-state index in [1.165, 1.54) is 0 Å². The van der Waals surface area contributed by atoms with Crippen molar-refractivity contribution in [2.24, 2.45) is 5.92 Å². The summed E-state index contributed by atoms with van der Waals surface area (Å²) < 4.78 is 5.69. The number of carboxylic acid groups (broad SMARTS) is 1. The first-order valence-electron chi connectivity index (χ1n) is 8.64. The molecule has 5 heteroatoms. The van der Waals surface area contributed by atoms with Crippen molar-refractivity contribution in [3.63, 3.8) is 0 Å². The largest absolute Gasteiger partial charge is 0.481 e. The number of carbonyl (C=O) groups excluding carboxylic acids is 1. The first-order chi connectivity index (χ1) is 11.4. The molecule has 0 aliphatic carbocycles. The summed E-state index contributed by atoms with van der Waals surface area (Å²) in [6.07, 6.45) is 3.99. The van der Waals surface area contributed by atoms with Crippen LogP contribution in [0.25, 0.3) is 0 Å². The molecule has 1 aliphatic heterocycles. The van der Waals surface area contributed by atoms with Crippen molar-refractivity contribution in [3.05, 3.63) is 35.4 Å². The molecule has 132 valence electrons. The molecule has 5 nitrogen and oxygen atoms in total. The van der Waals surface area contributed by atoms with Crippen LogP contribution in [0.5, 0.6) is 0 Å². The minimum Gasteiger partial charge on any atom is -0.481 e. The molecular weight excluding hydrogens is 306 g/mol. The lowest BCUT2D eigenvalue weighted by Gasteiger charge is -2.15. The van der Waals surface area contributed by atoms with Crippen LogP contribution >= 0.6 is 0 Å². The van der Waals surface area contributed by atoms with E-state index in [4.69, 9.17) is 4.74 Å². The molecule has 24 heavy (non-hydrogen) atoms. The van der Waals surface area contributed by atoms with Gasteiger partial charge in [0.25, 0.3) is 0 Å². The lowest BCUT2D eigenvalue weighted by Crippen LogP contribution is -2.34. The van der Waals surface area contributed by atoms with Crippen molar-refractivity contribution in [2.75, 3.05) is 6.54 Å². The van der Waals surface area contributed by atoms with Crippen LogP contribution in [0.4, 0.5) is 0 Å². The Kier molecular flexibility index (Phi) is 6.79. The number of carboxylic acids is 1. The van der Waals surface area contributed by atoms with Crippen molar-refractivity contribution >= 4 is 11.9 Å². The topological polar surface area (TPSA) is 75.6 Å². The molecule has 2 rings (SSSR count). The number of benzene rings is 1. The molecule has 3 unspecified atom stereocenters. The fraction of sp³-hybridized carbons (Fsp3) is 0.579. The van der Waals surface area contributed by atoms with Crippen LogP contribution in [0.15, 0.2) is 24.3 Å². The zero-order valence-corrected chi connectivity index (χ0v) is 14.5. The summed E-state index contributed by atoms with van der Waals surface area (Å²) in [6.45, 7) is 4.18. The maximum absolute atomic E-state index is 12.0. The van der Waals surface area contributed by atoms with E-state index in [1.807, 2.05) is 38.1 Å². The second kappa shape index (κ2) is 8.83. The number of ether oxygens (including phenoxy) is 1. The van der Waals surface area contributed by atoms with Crippen molar-refractivity contribution < 1.29 is 19.4 Å². The molecule has 3 atom stereocenters. The van der Waals surface area contributed by atoms with Gasteiger partial charge in [-0.3, -0.25) is 9.59 Å². The molecule has 1 aromatic carbocycles. The van der Waals surface area contributed by atoms with Gasteiger partial charge in [0.2, 0.25) is 5.91 Å². The molecule has 1 saturated heterocycles. The van der Waals surface area contributed by atoms with Crippen LogP contribution < -0.4 is 5.32 Å².